The molecule has 1 aromatic rings. The molecule has 0 bridgehead atoms. The molecule has 1 aliphatic carbocycles. The van der Waals surface area contributed by atoms with Crippen molar-refractivity contribution in [1.82, 2.24) is 5.32 Å². The summed E-state index contributed by atoms with van der Waals surface area (Å²) in [6.45, 7) is 0.436. The van der Waals surface area contributed by atoms with Crippen LogP contribution in [-0.4, -0.2) is 17.7 Å². The first kappa shape index (κ1) is 11.6. The van der Waals surface area contributed by atoms with Gasteiger partial charge in [0.25, 0.3) is 0 Å². The lowest BCUT2D eigenvalue weighted by Gasteiger charge is -2.16. The van der Waals surface area contributed by atoms with Gasteiger partial charge in [0.1, 0.15) is 5.82 Å². The number of benzene rings is 1. The Morgan fingerprint density at radius 3 is 2.69 bits per heavy atom. The number of aliphatic hydroxyl groups excluding tert-OH is 1. The number of rotatable bonds is 4. The molecule has 2 nitrogen and oxygen atoms in total. The lowest BCUT2D eigenvalue weighted by molar-refractivity contribution is 0.165. The van der Waals surface area contributed by atoms with Gasteiger partial charge in [-0.2, -0.15) is 0 Å². The fraction of sp³-hybridized carbons (Fsp3) is 0.538. The fourth-order valence-corrected chi connectivity index (χ4v) is 2.26. The van der Waals surface area contributed by atoms with E-state index in [1.807, 2.05) is 0 Å². The first-order valence-corrected chi connectivity index (χ1v) is 5.93. The van der Waals surface area contributed by atoms with E-state index < -0.39 is 6.10 Å². The number of hydrogen-bond donors (Lipinski definition) is 2. The zero-order chi connectivity index (χ0) is 11.4. The van der Waals surface area contributed by atoms with E-state index in [9.17, 15) is 9.50 Å². The van der Waals surface area contributed by atoms with Gasteiger partial charge in [-0.1, -0.05) is 31.0 Å². The van der Waals surface area contributed by atoms with Crippen LogP contribution in [0.3, 0.4) is 0 Å². The summed E-state index contributed by atoms with van der Waals surface area (Å²) in [5.74, 6) is -0.330. The van der Waals surface area contributed by atoms with Crippen LogP contribution in [0.2, 0.25) is 0 Å². The van der Waals surface area contributed by atoms with Crippen LogP contribution in [-0.2, 0) is 0 Å². The molecule has 2 rings (SSSR count). The quantitative estimate of drug-likeness (QED) is 0.821. The number of halogens is 1. The minimum Gasteiger partial charge on any atom is -0.387 e. The Morgan fingerprint density at radius 2 is 2.00 bits per heavy atom. The van der Waals surface area contributed by atoms with E-state index in [0.29, 0.717) is 18.2 Å². The maximum atomic E-state index is 13.4. The molecule has 88 valence electrons. The Labute approximate surface area is 95.5 Å². The fourth-order valence-electron chi connectivity index (χ4n) is 2.26. The molecule has 0 aliphatic heterocycles. The van der Waals surface area contributed by atoms with Gasteiger partial charge in [0.15, 0.2) is 0 Å². The standard InChI is InChI=1S/C13H18FNO/c14-12-8-4-3-7-11(12)13(16)9-15-10-5-1-2-6-10/h3-4,7-8,10,13,15-16H,1-2,5-6,9H2. The summed E-state index contributed by atoms with van der Waals surface area (Å²) in [6, 6.07) is 6.90. The molecule has 0 heterocycles. The number of hydrogen-bond acceptors (Lipinski definition) is 2. The van der Waals surface area contributed by atoms with Crippen LogP contribution in [0.15, 0.2) is 24.3 Å². The van der Waals surface area contributed by atoms with E-state index in [4.69, 9.17) is 0 Å². The van der Waals surface area contributed by atoms with E-state index in [-0.39, 0.29) is 5.82 Å². The molecule has 1 aromatic carbocycles. The minimum absolute atomic E-state index is 0.330. The summed E-state index contributed by atoms with van der Waals surface area (Å²) in [7, 11) is 0. The monoisotopic (exact) mass is 223 g/mol. The Bertz CT molecular complexity index is 336. The largest absolute Gasteiger partial charge is 0.387 e. The van der Waals surface area contributed by atoms with E-state index in [1.54, 1.807) is 18.2 Å². The summed E-state index contributed by atoms with van der Waals surface area (Å²) in [4.78, 5) is 0. The lowest BCUT2D eigenvalue weighted by Crippen LogP contribution is -2.30. The maximum Gasteiger partial charge on any atom is 0.129 e. The normalized spacial score (nSPS) is 18.9. The zero-order valence-electron chi connectivity index (χ0n) is 9.32. The van der Waals surface area contributed by atoms with Gasteiger partial charge in [-0.25, -0.2) is 4.39 Å². The van der Waals surface area contributed by atoms with E-state index in [1.165, 1.54) is 31.7 Å². The van der Waals surface area contributed by atoms with Crippen LogP contribution in [0.25, 0.3) is 0 Å². The van der Waals surface area contributed by atoms with Crippen molar-refractivity contribution in [1.29, 1.82) is 0 Å². The van der Waals surface area contributed by atoms with Gasteiger partial charge in [0.2, 0.25) is 0 Å². The van der Waals surface area contributed by atoms with Crippen molar-refractivity contribution in [3.8, 4) is 0 Å². The van der Waals surface area contributed by atoms with Crippen molar-refractivity contribution in [2.45, 2.75) is 37.8 Å². The van der Waals surface area contributed by atoms with Crippen molar-refractivity contribution in [3.05, 3.63) is 35.6 Å². The second kappa shape index (κ2) is 5.41. The summed E-state index contributed by atoms with van der Waals surface area (Å²) in [5.41, 5.74) is 0.382. The van der Waals surface area contributed by atoms with E-state index in [0.717, 1.165) is 0 Å². The predicted molar refractivity (Wildman–Crippen MR) is 61.6 cm³/mol. The van der Waals surface area contributed by atoms with Crippen molar-refractivity contribution in [2.75, 3.05) is 6.54 Å². The highest BCUT2D eigenvalue weighted by molar-refractivity contribution is 5.20. The van der Waals surface area contributed by atoms with Gasteiger partial charge in [-0.3, -0.25) is 0 Å². The average molecular weight is 223 g/mol. The molecule has 1 atom stereocenters. The molecule has 2 N–H and O–H groups in total. The molecule has 0 saturated heterocycles. The van der Waals surface area contributed by atoms with Crippen LogP contribution >= 0.6 is 0 Å². The molecule has 3 heteroatoms. The molecular formula is C13H18FNO. The first-order chi connectivity index (χ1) is 7.77. The van der Waals surface area contributed by atoms with Crippen LogP contribution < -0.4 is 5.32 Å². The Kier molecular flexibility index (Phi) is 3.91. The zero-order valence-corrected chi connectivity index (χ0v) is 9.32. The number of aliphatic hydroxyl groups is 1. The third kappa shape index (κ3) is 2.80. The third-order valence-electron chi connectivity index (χ3n) is 3.22. The van der Waals surface area contributed by atoms with Crippen molar-refractivity contribution in [2.24, 2.45) is 0 Å². The Hall–Kier alpha value is -0.930. The highest BCUT2D eigenvalue weighted by Crippen LogP contribution is 2.20. The highest BCUT2D eigenvalue weighted by atomic mass is 19.1. The second-order valence-corrected chi connectivity index (χ2v) is 4.43. The Balaban J connectivity index is 1.87. The molecule has 1 unspecified atom stereocenters. The molecule has 1 aliphatic rings. The van der Waals surface area contributed by atoms with Gasteiger partial charge in [0.05, 0.1) is 6.10 Å². The lowest BCUT2D eigenvalue weighted by atomic mass is 10.1. The highest BCUT2D eigenvalue weighted by Gasteiger charge is 2.17. The molecule has 1 fully saturated rings. The second-order valence-electron chi connectivity index (χ2n) is 4.43. The molecular weight excluding hydrogens is 205 g/mol. The van der Waals surface area contributed by atoms with Gasteiger partial charge >= 0.3 is 0 Å². The molecule has 16 heavy (non-hydrogen) atoms. The van der Waals surface area contributed by atoms with Crippen LogP contribution in [0.1, 0.15) is 37.4 Å². The van der Waals surface area contributed by atoms with E-state index in [2.05, 4.69) is 5.32 Å². The molecule has 0 spiro atoms. The Morgan fingerprint density at radius 1 is 1.31 bits per heavy atom. The maximum absolute atomic E-state index is 13.4. The molecule has 0 amide bonds. The van der Waals surface area contributed by atoms with Crippen molar-refractivity contribution in [3.63, 3.8) is 0 Å². The van der Waals surface area contributed by atoms with Gasteiger partial charge in [-0.05, 0) is 18.9 Å². The molecule has 0 radical (unpaired) electrons. The summed E-state index contributed by atoms with van der Waals surface area (Å²) < 4.78 is 13.4. The average Bonchev–Trinajstić information content (AvgIpc) is 2.79. The SMILES string of the molecule is OC(CNC1CCCC1)c1ccccc1F. The summed E-state index contributed by atoms with van der Waals surface area (Å²) in [6.07, 6.45) is 4.11. The smallest absolute Gasteiger partial charge is 0.129 e. The summed E-state index contributed by atoms with van der Waals surface area (Å²) in [5, 5.41) is 13.1. The van der Waals surface area contributed by atoms with E-state index >= 15 is 0 Å². The van der Waals surface area contributed by atoms with Crippen molar-refractivity contribution >= 4 is 0 Å². The van der Waals surface area contributed by atoms with Crippen molar-refractivity contribution < 1.29 is 9.50 Å². The first-order valence-electron chi connectivity index (χ1n) is 5.93. The minimum atomic E-state index is -0.748. The van der Waals surface area contributed by atoms with Crippen LogP contribution in [0.4, 0.5) is 4.39 Å². The number of nitrogens with one attached hydrogen (secondary N) is 1. The predicted octanol–water partition coefficient (Wildman–Crippen LogP) is 2.39. The molecule has 1 saturated carbocycles. The van der Waals surface area contributed by atoms with Gasteiger partial charge in [-0.15, -0.1) is 0 Å². The van der Waals surface area contributed by atoms with Gasteiger partial charge < -0.3 is 10.4 Å². The third-order valence-corrected chi connectivity index (χ3v) is 3.22. The van der Waals surface area contributed by atoms with Gasteiger partial charge in [0, 0.05) is 18.2 Å². The van der Waals surface area contributed by atoms with Crippen LogP contribution in [0.5, 0.6) is 0 Å². The summed E-state index contributed by atoms with van der Waals surface area (Å²) >= 11 is 0. The molecule has 0 aromatic heterocycles. The topological polar surface area (TPSA) is 32.3 Å². The van der Waals surface area contributed by atoms with Crippen LogP contribution in [0, 0.1) is 5.82 Å².